The minimum absolute atomic E-state index is 0.127. The number of carbonyl (C=O) groups excluding carboxylic acids is 2. The summed E-state index contributed by atoms with van der Waals surface area (Å²) in [5.41, 5.74) is 4.56. The van der Waals surface area contributed by atoms with Crippen LogP contribution in [0.4, 0.5) is 4.79 Å². The van der Waals surface area contributed by atoms with Gasteiger partial charge in [-0.2, -0.15) is 5.26 Å². The van der Waals surface area contributed by atoms with Crippen LogP contribution in [0.25, 0.3) is 0 Å². The van der Waals surface area contributed by atoms with E-state index in [4.69, 9.17) is 5.26 Å². The maximum atomic E-state index is 11.1. The summed E-state index contributed by atoms with van der Waals surface area (Å²) in [7, 11) is -4.12. The van der Waals surface area contributed by atoms with E-state index in [0.29, 0.717) is 0 Å². The van der Waals surface area contributed by atoms with Gasteiger partial charge in [-0.3, -0.25) is 9.59 Å². The Morgan fingerprint density at radius 1 is 1.53 bits per heavy atom. The first-order chi connectivity index (χ1) is 6.85. The van der Waals surface area contributed by atoms with Crippen molar-refractivity contribution in [3.8, 4) is 6.19 Å². The van der Waals surface area contributed by atoms with Crippen LogP contribution in [0.1, 0.15) is 6.92 Å². The molecular formula is C7H10N3O4S. The molecule has 7 nitrogen and oxygen atoms in total. The van der Waals surface area contributed by atoms with E-state index in [0.717, 1.165) is 11.3 Å². The van der Waals surface area contributed by atoms with Gasteiger partial charge in [0, 0.05) is 6.54 Å². The van der Waals surface area contributed by atoms with Gasteiger partial charge in [0.2, 0.25) is 15.7 Å². The SMILES string of the molecule is CCN(C#N)C(=O)[CH]CS(=O)(=O)C(N)=O. The zero-order valence-electron chi connectivity index (χ0n) is 8.00. The van der Waals surface area contributed by atoms with E-state index in [-0.39, 0.29) is 6.54 Å². The van der Waals surface area contributed by atoms with Crippen LogP contribution in [0.5, 0.6) is 0 Å². The smallest absolute Gasteiger partial charge is 0.333 e. The number of nitrogens with zero attached hydrogens (tertiary/aromatic N) is 2. The van der Waals surface area contributed by atoms with Crippen molar-refractivity contribution < 1.29 is 18.0 Å². The topological polar surface area (TPSA) is 121 Å². The summed E-state index contributed by atoms with van der Waals surface area (Å²) < 4.78 is 21.7. The number of sulfone groups is 1. The first kappa shape index (κ1) is 13.4. The molecule has 0 saturated heterocycles. The van der Waals surface area contributed by atoms with Crippen LogP contribution in [0.15, 0.2) is 0 Å². The van der Waals surface area contributed by atoms with E-state index in [1.165, 1.54) is 0 Å². The molecule has 0 aromatic rings. The third-order valence-electron chi connectivity index (χ3n) is 1.49. The summed E-state index contributed by atoms with van der Waals surface area (Å²) in [6, 6.07) is 0. The summed E-state index contributed by atoms with van der Waals surface area (Å²) >= 11 is 0. The van der Waals surface area contributed by atoms with Crippen molar-refractivity contribution in [2.45, 2.75) is 6.92 Å². The molecule has 0 aliphatic heterocycles. The Bertz CT molecular complexity index is 395. The van der Waals surface area contributed by atoms with Gasteiger partial charge in [0.05, 0.1) is 12.2 Å². The molecule has 1 radical (unpaired) electrons. The molecule has 15 heavy (non-hydrogen) atoms. The molecule has 2 amide bonds. The highest BCUT2D eigenvalue weighted by molar-refractivity contribution is 8.06. The maximum absolute atomic E-state index is 11.1. The van der Waals surface area contributed by atoms with Gasteiger partial charge in [-0.25, -0.2) is 13.3 Å². The van der Waals surface area contributed by atoms with Gasteiger partial charge >= 0.3 is 5.24 Å². The molecule has 0 fully saturated rings. The fourth-order valence-corrected chi connectivity index (χ4v) is 1.18. The Hall–Kier alpha value is -1.62. The van der Waals surface area contributed by atoms with E-state index < -0.39 is 26.7 Å². The van der Waals surface area contributed by atoms with Gasteiger partial charge in [0.25, 0.3) is 0 Å². The van der Waals surface area contributed by atoms with Crippen LogP contribution in [0.2, 0.25) is 0 Å². The number of primary amides is 1. The number of nitriles is 1. The van der Waals surface area contributed by atoms with Gasteiger partial charge in [0.1, 0.15) is 0 Å². The number of amides is 2. The van der Waals surface area contributed by atoms with Crippen LogP contribution in [0, 0.1) is 17.9 Å². The van der Waals surface area contributed by atoms with Gasteiger partial charge in [-0.1, -0.05) is 0 Å². The van der Waals surface area contributed by atoms with E-state index in [1.54, 1.807) is 13.1 Å². The minimum atomic E-state index is -4.12. The number of nitrogens with two attached hydrogens (primary N) is 1. The molecular weight excluding hydrogens is 222 g/mol. The van der Waals surface area contributed by atoms with Gasteiger partial charge in [-0.15, -0.1) is 0 Å². The summed E-state index contributed by atoms with van der Waals surface area (Å²) in [4.78, 5) is 22.2. The Kier molecular flexibility index (Phi) is 4.73. The number of hydrogen-bond acceptors (Lipinski definition) is 5. The van der Waals surface area contributed by atoms with Crippen molar-refractivity contribution in [3.05, 3.63) is 6.42 Å². The van der Waals surface area contributed by atoms with Crippen LogP contribution >= 0.6 is 0 Å². The molecule has 0 saturated carbocycles. The fourth-order valence-electron chi connectivity index (χ4n) is 0.649. The Morgan fingerprint density at radius 3 is 2.40 bits per heavy atom. The molecule has 0 heterocycles. The molecule has 0 atom stereocenters. The monoisotopic (exact) mass is 232 g/mol. The molecule has 83 valence electrons. The van der Waals surface area contributed by atoms with Gasteiger partial charge in [-0.05, 0) is 6.92 Å². The lowest BCUT2D eigenvalue weighted by atomic mass is 10.4. The van der Waals surface area contributed by atoms with E-state index in [1.807, 2.05) is 0 Å². The third-order valence-corrected chi connectivity index (χ3v) is 2.71. The molecule has 0 aromatic heterocycles. The summed E-state index contributed by atoms with van der Waals surface area (Å²) in [6.45, 7) is 1.68. The number of rotatable bonds is 4. The van der Waals surface area contributed by atoms with Gasteiger partial charge < -0.3 is 5.73 Å². The first-order valence-electron chi connectivity index (χ1n) is 3.91. The lowest BCUT2D eigenvalue weighted by molar-refractivity contribution is -0.124. The summed E-state index contributed by atoms with van der Waals surface area (Å²) in [5, 5.41) is 6.94. The zero-order chi connectivity index (χ0) is 12.1. The largest absolute Gasteiger partial charge is 0.356 e. The molecule has 0 aliphatic carbocycles. The lowest BCUT2D eigenvalue weighted by Gasteiger charge is -2.09. The van der Waals surface area contributed by atoms with Crippen LogP contribution in [-0.2, 0) is 14.6 Å². The third kappa shape index (κ3) is 3.95. The van der Waals surface area contributed by atoms with Crippen molar-refractivity contribution >= 4 is 21.0 Å². The molecule has 0 spiro atoms. The second-order valence-corrected chi connectivity index (χ2v) is 4.45. The van der Waals surface area contributed by atoms with Crippen molar-refractivity contribution in [1.29, 1.82) is 5.26 Å². The Morgan fingerprint density at radius 2 is 2.07 bits per heavy atom. The predicted octanol–water partition coefficient (Wildman–Crippen LogP) is -0.986. The average Bonchev–Trinajstić information content (AvgIpc) is 2.16. The fraction of sp³-hybridized carbons (Fsp3) is 0.429. The second-order valence-electron chi connectivity index (χ2n) is 2.49. The molecule has 0 unspecified atom stereocenters. The second kappa shape index (κ2) is 5.31. The summed E-state index contributed by atoms with van der Waals surface area (Å²) in [6.07, 6.45) is 2.29. The predicted molar refractivity (Wildman–Crippen MR) is 50.7 cm³/mol. The Balaban J connectivity index is 4.37. The number of hydrogen-bond donors (Lipinski definition) is 1. The molecule has 8 heteroatoms. The average molecular weight is 232 g/mol. The van der Waals surface area contributed by atoms with E-state index in [2.05, 4.69) is 5.73 Å². The van der Waals surface area contributed by atoms with Crippen LogP contribution < -0.4 is 5.73 Å². The van der Waals surface area contributed by atoms with E-state index >= 15 is 0 Å². The highest BCUT2D eigenvalue weighted by Gasteiger charge is 2.22. The minimum Gasteiger partial charge on any atom is -0.356 e. The molecule has 0 bridgehead atoms. The Labute approximate surface area is 87.4 Å². The van der Waals surface area contributed by atoms with Crippen molar-refractivity contribution in [2.24, 2.45) is 5.73 Å². The van der Waals surface area contributed by atoms with Crippen LogP contribution in [0.3, 0.4) is 0 Å². The zero-order valence-corrected chi connectivity index (χ0v) is 8.82. The lowest BCUT2D eigenvalue weighted by Crippen LogP contribution is -2.31. The highest BCUT2D eigenvalue weighted by atomic mass is 32.2. The maximum Gasteiger partial charge on any atom is 0.333 e. The summed E-state index contributed by atoms with van der Waals surface area (Å²) in [5.74, 6) is -1.57. The van der Waals surface area contributed by atoms with Gasteiger partial charge in [0.15, 0.2) is 6.19 Å². The van der Waals surface area contributed by atoms with Crippen LogP contribution in [-0.4, -0.2) is 36.8 Å². The van der Waals surface area contributed by atoms with Crippen molar-refractivity contribution in [3.63, 3.8) is 0 Å². The quantitative estimate of drug-likeness (QED) is 0.492. The molecule has 0 aliphatic rings. The first-order valence-corrected chi connectivity index (χ1v) is 5.57. The molecule has 0 rings (SSSR count). The molecule has 2 N–H and O–H groups in total. The number of carbonyl (C=O) groups is 2. The standard InChI is InChI=1S/C7H10N3O4S/c1-2-10(5-8)6(11)3-4-15(13,14)7(9)12/h3H,2,4H2,1H3,(H2,9,12). The normalized spacial score (nSPS) is 10.4. The van der Waals surface area contributed by atoms with E-state index in [9.17, 15) is 18.0 Å². The molecule has 0 aromatic carbocycles. The van der Waals surface area contributed by atoms with Crippen molar-refractivity contribution in [2.75, 3.05) is 12.3 Å². The highest BCUT2D eigenvalue weighted by Crippen LogP contribution is 1.97. The van der Waals surface area contributed by atoms with Crippen molar-refractivity contribution in [1.82, 2.24) is 4.90 Å².